The van der Waals surface area contributed by atoms with Crippen LogP contribution < -0.4 is 10.5 Å². The Labute approximate surface area is 119 Å². The average Bonchev–Trinajstić information content (AvgIpc) is 2.35. The van der Waals surface area contributed by atoms with Crippen LogP contribution in [0.2, 0.25) is 0 Å². The predicted octanol–water partition coefficient (Wildman–Crippen LogP) is 0.433. The summed E-state index contributed by atoms with van der Waals surface area (Å²) in [7, 11) is -6.68. The van der Waals surface area contributed by atoms with Crippen LogP contribution in [-0.4, -0.2) is 34.4 Å². The Morgan fingerprint density at radius 1 is 1.25 bits per heavy atom. The topological polar surface area (TPSA) is 106 Å². The minimum absolute atomic E-state index is 0.0239. The Morgan fingerprint density at radius 3 is 2.45 bits per heavy atom. The highest BCUT2D eigenvalue weighted by molar-refractivity contribution is 7.91. The highest BCUT2D eigenvalue weighted by Gasteiger charge is 2.28. The SMILES string of the molecule is Cc1c(N)cccc1S(=O)(=O)NC1CCS(=O)(=O)CC1. The summed E-state index contributed by atoms with van der Waals surface area (Å²) in [6.45, 7) is 1.65. The van der Waals surface area contributed by atoms with Gasteiger partial charge in [0.25, 0.3) is 0 Å². The molecule has 0 atom stereocenters. The summed E-state index contributed by atoms with van der Waals surface area (Å²) in [6.07, 6.45) is 0.617. The first kappa shape index (κ1) is 15.3. The first-order valence-electron chi connectivity index (χ1n) is 6.29. The van der Waals surface area contributed by atoms with E-state index in [0.717, 1.165) is 0 Å². The van der Waals surface area contributed by atoms with Crippen LogP contribution in [0.1, 0.15) is 18.4 Å². The summed E-state index contributed by atoms with van der Waals surface area (Å²) in [5, 5.41) is 0. The number of hydrogen-bond donors (Lipinski definition) is 2. The maximum atomic E-state index is 12.3. The number of sulfonamides is 1. The number of nitrogen functional groups attached to an aromatic ring is 1. The highest BCUT2D eigenvalue weighted by Crippen LogP contribution is 2.22. The monoisotopic (exact) mass is 318 g/mol. The number of nitrogens with one attached hydrogen (secondary N) is 1. The van der Waals surface area contributed by atoms with E-state index >= 15 is 0 Å². The number of rotatable bonds is 3. The van der Waals surface area contributed by atoms with Crippen LogP contribution in [0.4, 0.5) is 5.69 Å². The molecule has 1 aromatic carbocycles. The van der Waals surface area contributed by atoms with Crippen LogP contribution in [0, 0.1) is 6.92 Å². The van der Waals surface area contributed by atoms with Gasteiger partial charge in [-0.05, 0) is 37.5 Å². The van der Waals surface area contributed by atoms with Crippen LogP contribution in [0.3, 0.4) is 0 Å². The second-order valence-corrected chi connectivity index (χ2v) is 9.00. The third kappa shape index (κ3) is 3.31. The number of anilines is 1. The number of nitrogens with two attached hydrogens (primary N) is 1. The molecule has 0 amide bonds. The summed E-state index contributed by atoms with van der Waals surface area (Å²) >= 11 is 0. The lowest BCUT2D eigenvalue weighted by Gasteiger charge is -2.23. The molecule has 112 valence electrons. The highest BCUT2D eigenvalue weighted by atomic mass is 32.2. The van der Waals surface area contributed by atoms with Gasteiger partial charge < -0.3 is 5.73 Å². The van der Waals surface area contributed by atoms with Crippen molar-refractivity contribution in [3.8, 4) is 0 Å². The van der Waals surface area contributed by atoms with Crippen LogP contribution in [0.5, 0.6) is 0 Å². The number of sulfone groups is 1. The van der Waals surface area contributed by atoms with Gasteiger partial charge in [-0.2, -0.15) is 0 Å². The Bertz CT molecular complexity index is 697. The second kappa shape index (κ2) is 5.34. The molecule has 1 heterocycles. The molecule has 1 saturated heterocycles. The Hall–Kier alpha value is -1.12. The third-order valence-electron chi connectivity index (χ3n) is 3.49. The van der Waals surface area contributed by atoms with E-state index in [1.165, 1.54) is 6.07 Å². The predicted molar refractivity (Wildman–Crippen MR) is 77.6 cm³/mol. The van der Waals surface area contributed by atoms with Crippen molar-refractivity contribution in [2.45, 2.75) is 30.7 Å². The molecule has 0 unspecified atom stereocenters. The van der Waals surface area contributed by atoms with E-state index in [1.807, 2.05) is 0 Å². The second-order valence-electron chi connectivity index (χ2n) is 5.02. The molecule has 6 nitrogen and oxygen atoms in total. The molecular weight excluding hydrogens is 300 g/mol. The molecule has 0 spiro atoms. The van der Waals surface area contributed by atoms with Gasteiger partial charge in [-0.25, -0.2) is 21.6 Å². The summed E-state index contributed by atoms with van der Waals surface area (Å²) in [6, 6.07) is 4.38. The first-order chi connectivity index (χ1) is 9.21. The molecule has 0 saturated carbocycles. The molecule has 1 aliphatic heterocycles. The molecule has 1 aromatic rings. The van der Waals surface area contributed by atoms with Gasteiger partial charge in [-0.1, -0.05) is 6.07 Å². The first-order valence-corrected chi connectivity index (χ1v) is 9.59. The summed E-state index contributed by atoms with van der Waals surface area (Å²) in [5.41, 5.74) is 6.63. The van der Waals surface area contributed by atoms with Crippen LogP contribution in [-0.2, 0) is 19.9 Å². The summed E-state index contributed by atoms with van der Waals surface area (Å²) in [5.74, 6) is 0.0478. The van der Waals surface area contributed by atoms with Crippen LogP contribution in [0.15, 0.2) is 23.1 Å². The van der Waals surface area contributed by atoms with E-state index in [4.69, 9.17) is 5.73 Å². The van der Waals surface area contributed by atoms with Gasteiger partial charge in [0, 0.05) is 11.7 Å². The van der Waals surface area contributed by atoms with Gasteiger partial charge in [-0.15, -0.1) is 0 Å². The van der Waals surface area contributed by atoms with Gasteiger partial charge in [0.15, 0.2) is 0 Å². The lowest BCUT2D eigenvalue weighted by atomic mass is 10.2. The quantitative estimate of drug-likeness (QED) is 0.786. The molecular formula is C12H18N2O4S2. The molecule has 0 aliphatic carbocycles. The molecule has 1 fully saturated rings. The molecule has 1 aliphatic rings. The van der Waals surface area contributed by atoms with Crippen molar-refractivity contribution >= 4 is 25.5 Å². The summed E-state index contributed by atoms with van der Waals surface area (Å²) < 4.78 is 49.9. The molecule has 0 bridgehead atoms. The van der Waals surface area contributed by atoms with Gasteiger partial charge >= 0.3 is 0 Å². The Balaban J connectivity index is 2.18. The smallest absolute Gasteiger partial charge is 0.241 e. The Kier molecular flexibility index (Phi) is 4.08. The minimum Gasteiger partial charge on any atom is -0.398 e. The maximum Gasteiger partial charge on any atom is 0.241 e. The normalized spacial score (nSPS) is 19.9. The molecule has 0 aromatic heterocycles. The third-order valence-corrected chi connectivity index (χ3v) is 6.87. The fourth-order valence-corrected chi connectivity index (χ4v) is 5.28. The fourth-order valence-electron chi connectivity index (χ4n) is 2.21. The summed E-state index contributed by atoms with van der Waals surface area (Å²) in [4.78, 5) is 0.144. The zero-order valence-corrected chi connectivity index (χ0v) is 12.8. The van der Waals surface area contributed by atoms with Crippen molar-refractivity contribution in [2.24, 2.45) is 0 Å². The van der Waals surface area contributed by atoms with E-state index < -0.39 is 19.9 Å². The van der Waals surface area contributed by atoms with E-state index in [2.05, 4.69) is 4.72 Å². The zero-order valence-electron chi connectivity index (χ0n) is 11.2. The molecule has 0 radical (unpaired) electrons. The molecule has 2 rings (SSSR count). The van der Waals surface area contributed by atoms with E-state index in [0.29, 0.717) is 24.1 Å². The molecule has 20 heavy (non-hydrogen) atoms. The van der Waals surface area contributed by atoms with E-state index in [9.17, 15) is 16.8 Å². The largest absolute Gasteiger partial charge is 0.398 e. The zero-order chi connectivity index (χ0) is 15.0. The number of benzene rings is 1. The lowest BCUT2D eigenvalue weighted by Crippen LogP contribution is -2.41. The van der Waals surface area contributed by atoms with Crippen molar-refractivity contribution < 1.29 is 16.8 Å². The average molecular weight is 318 g/mol. The van der Waals surface area contributed by atoms with Gasteiger partial charge in [0.1, 0.15) is 9.84 Å². The van der Waals surface area contributed by atoms with Gasteiger partial charge in [-0.3, -0.25) is 0 Å². The van der Waals surface area contributed by atoms with Crippen molar-refractivity contribution in [1.82, 2.24) is 4.72 Å². The molecule has 3 N–H and O–H groups in total. The lowest BCUT2D eigenvalue weighted by molar-refractivity contribution is 0.505. The molecule has 8 heteroatoms. The van der Waals surface area contributed by atoms with Crippen molar-refractivity contribution in [1.29, 1.82) is 0 Å². The van der Waals surface area contributed by atoms with E-state index in [1.54, 1.807) is 19.1 Å². The number of hydrogen-bond acceptors (Lipinski definition) is 5. The van der Waals surface area contributed by atoms with Crippen LogP contribution in [0.25, 0.3) is 0 Å². The van der Waals surface area contributed by atoms with Crippen molar-refractivity contribution in [3.05, 3.63) is 23.8 Å². The van der Waals surface area contributed by atoms with E-state index in [-0.39, 0.29) is 22.4 Å². The van der Waals surface area contributed by atoms with Crippen LogP contribution >= 0.6 is 0 Å². The van der Waals surface area contributed by atoms with Gasteiger partial charge in [0.05, 0.1) is 16.4 Å². The van der Waals surface area contributed by atoms with Gasteiger partial charge in [0.2, 0.25) is 10.0 Å². The van der Waals surface area contributed by atoms with Crippen molar-refractivity contribution in [3.63, 3.8) is 0 Å². The fraction of sp³-hybridized carbons (Fsp3) is 0.500. The standard InChI is InChI=1S/C12H18N2O4S2/c1-9-11(13)3-2-4-12(9)20(17,18)14-10-5-7-19(15,16)8-6-10/h2-4,10,14H,5-8,13H2,1H3. The van der Waals surface area contributed by atoms with Crippen molar-refractivity contribution in [2.75, 3.05) is 17.2 Å². The Morgan fingerprint density at radius 2 is 1.85 bits per heavy atom. The minimum atomic E-state index is -3.68. The maximum absolute atomic E-state index is 12.3.